The number of nitrogens with one attached hydrogen (secondary N) is 1. The van der Waals surface area contributed by atoms with E-state index in [1.807, 2.05) is 24.3 Å². The van der Waals surface area contributed by atoms with E-state index in [0.717, 1.165) is 11.3 Å². The van der Waals surface area contributed by atoms with E-state index in [1.54, 1.807) is 14.0 Å². The van der Waals surface area contributed by atoms with Gasteiger partial charge >= 0.3 is 0 Å². The second-order valence-electron chi connectivity index (χ2n) is 5.25. The Kier molecular flexibility index (Phi) is 4.28. The van der Waals surface area contributed by atoms with Gasteiger partial charge in [0.2, 0.25) is 5.91 Å². The zero-order valence-corrected chi connectivity index (χ0v) is 13.3. The van der Waals surface area contributed by atoms with E-state index in [0.29, 0.717) is 12.2 Å². The number of ether oxygens (including phenoxy) is 1. The number of aromatic nitrogens is 3. The van der Waals surface area contributed by atoms with Gasteiger partial charge in [-0.2, -0.15) is 0 Å². The molecule has 3 aromatic rings. The lowest BCUT2D eigenvalue weighted by Gasteiger charge is -2.08. The van der Waals surface area contributed by atoms with Crippen molar-refractivity contribution >= 4 is 17.0 Å². The van der Waals surface area contributed by atoms with Gasteiger partial charge in [0, 0.05) is 6.54 Å². The summed E-state index contributed by atoms with van der Waals surface area (Å²) in [6, 6.07) is 7.38. The number of nitrogens with zero attached hydrogens (tertiary/aromatic N) is 3. The highest BCUT2D eigenvalue weighted by Crippen LogP contribution is 2.12. The molecule has 0 radical (unpaired) electrons. The summed E-state index contributed by atoms with van der Waals surface area (Å²) in [6.07, 6.45) is 1.28. The van der Waals surface area contributed by atoms with Gasteiger partial charge in [0.25, 0.3) is 11.3 Å². The molecule has 1 N–H and O–H groups in total. The molecule has 0 saturated carbocycles. The van der Waals surface area contributed by atoms with E-state index < -0.39 is 0 Å². The van der Waals surface area contributed by atoms with E-state index in [2.05, 4.69) is 15.5 Å². The first-order valence-corrected chi connectivity index (χ1v) is 7.29. The minimum absolute atomic E-state index is 0.129. The fourth-order valence-corrected chi connectivity index (χ4v) is 2.32. The van der Waals surface area contributed by atoms with Gasteiger partial charge < -0.3 is 14.6 Å². The van der Waals surface area contributed by atoms with E-state index >= 15 is 0 Å². The molecule has 0 saturated heterocycles. The molecule has 0 spiro atoms. The van der Waals surface area contributed by atoms with Gasteiger partial charge in [-0.25, -0.2) is 4.98 Å². The molecule has 0 aliphatic carbocycles. The Balaban J connectivity index is 1.70. The van der Waals surface area contributed by atoms with Crippen molar-refractivity contribution in [2.45, 2.75) is 20.0 Å². The number of hydrogen-bond donors (Lipinski definition) is 1. The summed E-state index contributed by atoms with van der Waals surface area (Å²) in [7, 11) is 1.58. The average molecular weight is 328 g/mol. The number of methoxy groups -OCH3 is 1. The molecule has 124 valence electrons. The third-order valence-corrected chi connectivity index (χ3v) is 3.57. The van der Waals surface area contributed by atoms with Crippen LogP contribution in [0.15, 0.2) is 39.9 Å². The smallest absolute Gasteiger partial charge is 0.267 e. The summed E-state index contributed by atoms with van der Waals surface area (Å²) in [5, 5.41) is 6.76. The van der Waals surface area contributed by atoms with E-state index in [4.69, 9.17) is 9.26 Å². The Labute approximate surface area is 137 Å². The van der Waals surface area contributed by atoms with Crippen LogP contribution in [-0.4, -0.2) is 27.7 Å². The molecule has 0 aliphatic rings. The van der Waals surface area contributed by atoms with Gasteiger partial charge in [0.1, 0.15) is 24.0 Å². The zero-order chi connectivity index (χ0) is 17.1. The average Bonchev–Trinajstić information content (AvgIpc) is 2.97. The Morgan fingerprint density at radius 1 is 1.42 bits per heavy atom. The van der Waals surface area contributed by atoms with Gasteiger partial charge in [-0.05, 0) is 24.6 Å². The van der Waals surface area contributed by atoms with Crippen molar-refractivity contribution in [3.05, 3.63) is 52.2 Å². The van der Waals surface area contributed by atoms with E-state index in [9.17, 15) is 9.59 Å². The molecule has 3 rings (SSSR count). The Morgan fingerprint density at radius 3 is 3.04 bits per heavy atom. The van der Waals surface area contributed by atoms with Gasteiger partial charge in [0.15, 0.2) is 0 Å². The van der Waals surface area contributed by atoms with Crippen LogP contribution in [0.25, 0.3) is 11.1 Å². The van der Waals surface area contributed by atoms with Crippen molar-refractivity contribution in [1.82, 2.24) is 20.0 Å². The monoisotopic (exact) mass is 328 g/mol. The normalized spacial score (nSPS) is 10.8. The summed E-state index contributed by atoms with van der Waals surface area (Å²) in [5.74, 6) is 0.422. The summed E-state index contributed by atoms with van der Waals surface area (Å²) in [4.78, 5) is 28.4. The number of rotatable bonds is 5. The zero-order valence-electron chi connectivity index (χ0n) is 13.3. The number of fused-ring (bicyclic) bond motifs is 1. The summed E-state index contributed by atoms with van der Waals surface area (Å²) in [6.45, 7) is 1.87. The number of aryl methyl sites for hydroxylation is 1. The molecule has 1 amide bonds. The van der Waals surface area contributed by atoms with Gasteiger partial charge in [-0.1, -0.05) is 17.3 Å². The van der Waals surface area contributed by atoms with Crippen LogP contribution in [0.4, 0.5) is 0 Å². The first-order valence-electron chi connectivity index (χ1n) is 7.29. The highest BCUT2D eigenvalue weighted by atomic mass is 16.5. The third kappa shape index (κ3) is 3.12. The van der Waals surface area contributed by atoms with Crippen molar-refractivity contribution in [2.24, 2.45) is 0 Å². The fourth-order valence-electron chi connectivity index (χ4n) is 2.32. The quantitative estimate of drug-likeness (QED) is 0.750. The van der Waals surface area contributed by atoms with Crippen molar-refractivity contribution in [3.8, 4) is 5.75 Å². The molecule has 8 nitrogen and oxygen atoms in total. The molecule has 8 heteroatoms. The van der Waals surface area contributed by atoms with Crippen LogP contribution in [0.1, 0.15) is 11.3 Å². The second-order valence-corrected chi connectivity index (χ2v) is 5.25. The van der Waals surface area contributed by atoms with E-state index in [1.165, 1.54) is 10.9 Å². The number of benzene rings is 1. The Bertz CT molecular complexity index is 945. The summed E-state index contributed by atoms with van der Waals surface area (Å²) >= 11 is 0. The molecular formula is C16H16N4O4. The predicted molar refractivity (Wildman–Crippen MR) is 85.6 cm³/mol. The maximum atomic E-state index is 12.3. The summed E-state index contributed by atoms with van der Waals surface area (Å²) in [5.41, 5.74) is 1.17. The minimum atomic E-state index is -0.352. The Hall–Kier alpha value is -3.16. The van der Waals surface area contributed by atoms with Crippen molar-refractivity contribution in [2.75, 3.05) is 7.11 Å². The molecule has 24 heavy (non-hydrogen) atoms. The summed E-state index contributed by atoms with van der Waals surface area (Å²) < 4.78 is 11.3. The van der Waals surface area contributed by atoms with Crippen LogP contribution in [0.2, 0.25) is 0 Å². The van der Waals surface area contributed by atoms with Gasteiger partial charge in [-0.3, -0.25) is 14.2 Å². The standard InChI is InChI=1S/C16H16N4O4/c1-10-14-15(24-19-10)18-9-20(16(14)22)8-13(21)17-7-11-4-3-5-12(6-11)23-2/h3-6,9H,7-8H2,1-2H3,(H,17,21). The lowest BCUT2D eigenvalue weighted by Crippen LogP contribution is -2.32. The molecule has 1 aromatic carbocycles. The maximum Gasteiger partial charge on any atom is 0.267 e. The van der Waals surface area contributed by atoms with Crippen molar-refractivity contribution in [1.29, 1.82) is 0 Å². The second kappa shape index (κ2) is 6.53. The number of carbonyl (C=O) groups is 1. The first-order chi connectivity index (χ1) is 11.6. The number of hydrogen-bond acceptors (Lipinski definition) is 6. The van der Waals surface area contributed by atoms with Crippen LogP contribution in [0.5, 0.6) is 5.75 Å². The molecule has 0 unspecified atom stereocenters. The lowest BCUT2D eigenvalue weighted by molar-refractivity contribution is -0.121. The molecule has 0 fully saturated rings. The maximum absolute atomic E-state index is 12.3. The van der Waals surface area contributed by atoms with Crippen LogP contribution < -0.4 is 15.6 Å². The van der Waals surface area contributed by atoms with Gasteiger partial charge in [-0.15, -0.1) is 0 Å². The minimum Gasteiger partial charge on any atom is -0.497 e. The van der Waals surface area contributed by atoms with Gasteiger partial charge in [0.05, 0.1) is 12.8 Å². The topological polar surface area (TPSA) is 99.2 Å². The molecule has 2 heterocycles. The Morgan fingerprint density at radius 2 is 2.25 bits per heavy atom. The molecular weight excluding hydrogens is 312 g/mol. The van der Waals surface area contributed by atoms with Crippen LogP contribution >= 0.6 is 0 Å². The van der Waals surface area contributed by atoms with E-state index in [-0.39, 0.29) is 29.1 Å². The molecule has 0 atom stereocenters. The SMILES string of the molecule is COc1cccc(CNC(=O)Cn2cnc3onc(C)c3c2=O)c1. The third-order valence-electron chi connectivity index (χ3n) is 3.57. The number of amides is 1. The fraction of sp³-hybridized carbons (Fsp3) is 0.250. The van der Waals surface area contributed by atoms with Crippen LogP contribution in [0, 0.1) is 6.92 Å². The first kappa shape index (κ1) is 15.7. The number of carbonyl (C=O) groups excluding carboxylic acids is 1. The highest BCUT2D eigenvalue weighted by Gasteiger charge is 2.13. The molecule has 2 aromatic heterocycles. The molecule has 0 bridgehead atoms. The van der Waals surface area contributed by atoms with Crippen LogP contribution in [-0.2, 0) is 17.9 Å². The largest absolute Gasteiger partial charge is 0.497 e. The van der Waals surface area contributed by atoms with Crippen LogP contribution in [0.3, 0.4) is 0 Å². The van der Waals surface area contributed by atoms with Crippen molar-refractivity contribution in [3.63, 3.8) is 0 Å². The van der Waals surface area contributed by atoms with Crippen molar-refractivity contribution < 1.29 is 14.1 Å². The lowest BCUT2D eigenvalue weighted by atomic mass is 10.2. The highest BCUT2D eigenvalue weighted by molar-refractivity contribution is 5.77. The molecule has 0 aliphatic heterocycles. The predicted octanol–water partition coefficient (Wildman–Crippen LogP) is 1.02.